The summed E-state index contributed by atoms with van der Waals surface area (Å²) in [6.45, 7) is 4.34. The molecule has 3 N–H and O–H groups in total. The minimum atomic E-state index is -4.45. The second kappa shape index (κ2) is 13.0. The van der Waals surface area contributed by atoms with Crippen LogP contribution in [-0.4, -0.2) is 40.4 Å². The fraction of sp³-hybridized carbons (Fsp3) is 0.318. The molecule has 0 bridgehead atoms. The van der Waals surface area contributed by atoms with Gasteiger partial charge >= 0.3 is 6.18 Å². The van der Waals surface area contributed by atoms with Crippen molar-refractivity contribution in [3.63, 3.8) is 0 Å². The van der Waals surface area contributed by atoms with Gasteiger partial charge in [-0.1, -0.05) is 24.3 Å². The Morgan fingerprint density at radius 3 is 2.48 bits per heavy atom. The van der Waals surface area contributed by atoms with Gasteiger partial charge in [0.25, 0.3) is 0 Å². The molecule has 11 heteroatoms. The number of aromatic nitrogens is 3. The highest BCUT2D eigenvalue weighted by atomic mass is 127. The molecular weight excluding hydrogens is 546 g/mol. The molecule has 0 atom stereocenters. The van der Waals surface area contributed by atoms with Crippen molar-refractivity contribution in [1.29, 1.82) is 0 Å². The van der Waals surface area contributed by atoms with E-state index in [-0.39, 0.29) is 36.3 Å². The lowest BCUT2D eigenvalue weighted by molar-refractivity contribution is -0.137. The van der Waals surface area contributed by atoms with Gasteiger partial charge in [-0.2, -0.15) is 18.3 Å². The van der Waals surface area contributed by atoms with Crippen molar-refractivity contribution in [3.05, 3.63) is 77.7 Å². The second-order valence-corrected chi connectivity index (χ2v) is 6.92. The van der Waals surface area contributed by atoms with E-state index in [2.05, 4.69) is 31.0 Å². The van der Waals surface area contributed by atoms with Gasteiger partial charge in [-0.15, -0.1) is 24.0 Å². The summed E-state index contributed by atoms with van der Waals surface area (Å²) in [5, 5.41) is 13.3. The standard InChI is InChI=1S/C22H26F3N7.HI/c1-2-26-21(29-13-12-28-20-19(22(23,24)25)9-5-10-27-20)30-15-17-7-3-4-8-18(17)16-32-14-6-11-31-32;/h3-11,14H,2,12-13,15-16H2,1H3,(H,27,28)(H2,26,29,30);1H. The Kier molecular flexibility index (Phi) is 10.4. The monoisotopic (exact) mass is 573 g/mol. The van der Waals surface area contributed by atoms with Crippen LogP contribution >= 0.6 is 24.0 Å². The summed E-state index contributed by atoms with van der Waals surface area (Å²) >= 11 is 0. The fourth-order valence-corrected chi connectivity index (χ4v) is 3.08. The fourth-order valence-electron chi connectivity index (χ4n) is 3.08. The van der Waals surface area contributed by atoms with Crippen molar-refractivity contribution < 1.29 is 13.2 Å². The van der Waals surface area contributed by atoms with Crippen LogP contribution < -0.4 is 16.0 Å². The lowest BCUT2D eigenvalue weighted by Gasteiger charge is -2.15. The maximum absolute atomic E-state index is 13.1. The molecule has 3 rings (SSSR count). The molecule has 1 aromatic carbocycles. The summed E-state index contributed by atoms with van der Waals surface area (Å²) in [5.74, 6) is 0.400. The minimum Gasteiger partial charge on any atom is -0.368 e. The van der Waals surface area contributed by atoms with Gasteiger partial charge in [0.05, 0.1) is 18.7 Å². The molecular formula is C22H27F3IN7. The molecule has 178 valence electrons. The highest BCUT2D eigenvalue weighted by Gasteiger charge is 2.33. The number of hydrogen-bond acceptors (Lipinski definition) is 4. The van der Waals surface area contributed by atoms with Crippen LogP contribution in [0.3, 0.4) is 0 Å². The lowest BCUT2D eigenvalue weighted by Crippen LogP contribution is -2.39. The molecule has 0 saturated carbocycles. The van der Waals surface area contributed by atoms with E-state index in [9.17, 15) is 13.2 Å². The van der Waals surface area contributed by atoms with Crippen LogP contribution in [-0.2, 0) is 19.3 Å². The first-order valence-electron chi connectivity index (χ1n) is 10.3. The van der Waals surface area contributed by atoms with E-state index in [1.54, 1.807) is 6.20 Å². The number of nitrogens with one attached hydrogen (secondary N) is 3. The first kappa shape index (κ1) is 26.4. The van der Waals surface area contributed by atoms with Gasteiger partial charge in [-0.05, 0) is 36.2 Å². The third kappa shape index (κ3) is 8.22. The average Bonchev–Trinajstić information content (AvgIpc) is 3.28. The van der Waals surface area contributed by atoms with Crippen LogP contribution in [0.4, 0.5) is 19.0 Å². The zero-order chi connectivity index (χ0) is 22.8. The smallest absolute Gasteiger partial charge is 0.368 e. The number of hydrogen-bond donors (Lipinski definition) is 3. The van der Waals surface area contributed by atoms with Crippen LogP contribution in [0.1, 0.15) is 23.6 Å². The number of rotatable bonds is 9. The third-order valence-electron chi connectivity index (χ3n) is 4.58. The minimum absolute atomic E-state index is 0. The van der Waals surface area contributed by atoms with Crippen LogP contribution in [0, 0.1) is 0 Å². The molecule has 2 aromatic heterocycles. The van der Waals surface area contributed by atoms with Gasteiger partial charge in [-0.3, -0.25) is 4.68 Å². The van der Waals surface area contributed by atoms with Gasteiger partial charge in [-0.25, -0.2) is 9.98 Å². The molecule has 0 aliphatic heterocycles. The third-order valence-corrected chi connectivity index (χ3v) is 4.58. The van der Waals surface area contributed by atoms with Crippen molar-refractivity contribution in [2.75, 3.05) is 25.0 Å². The van der Waals surface area contributed by atoms with Crippen LogP contribution in [0.15, 0.2) is 66.0 Å². The zero-order valence-electron chi connectivity index (χ0n) is 18.1. The van der Waals surface area contributed by atoms with Crippen molar-refractivity contribution in [2.24, 2.45) is 4.99 Å². The Bertz CT molecular complexity index is 1010. The molecule has 0 fully saturated rings. The summed E-state index contributed by atoms with van der Waals surface area (Å²) in [6, 6.07) is 12.2. The number of guanidine groups is 1. The van der Waals surface area contributed by atoms with Crippen molar-refractivity contribution in [3.8, 4) is 0 Å². The van der Waals surface area contributed by atoms with Crippen LogP contribution in [0.25, 0.3) is 0 Å². The molecule has 0 amide bonds. The van der Waals surface area contributed by atoms with E-state index in [0.29, 0.717) is 32.1 Å². The summed E-state index contributed by atoms with van der Waals surface area (Å²) in [4.78, 5) is 8.42. The Morgan fingerprint density at radius 2 is 1.79 bits per heavy atom. The van der Waals surface area contributed by atoms with Gasteiger partial charge < -0.3 is 16.0 Å². The van der Waals surface area contributed by atoms with E-state index in [1.807, 2.05) is 48.1 Å². The number of anilines is 1. The van der Waals surface area contributed by atoms with Crippen LogP contribution in [0.2, 0.25) is 0 Å². The molecule has 0 aliphatic rings. The van der Waals surface area contributed by atoms with E-state index in [4.69, 9.17) is 0 Å². The molecule has 0 saturated heterocycles. The molecule has 0 aliphatic carbocycles. The number of nitrogens with zero attached hydrogens (tertiary/aromatic N) is 4. The van der Waals surface area contributed by atoms with Crippen molar-refractivity contribution >= 4 is 35.8 Å². The van der Waals surface area contributed by atoms with Crippen molar-refractivity contribution in [1.82, 2.24) is 25.4 Å². The molecule has 0 unspecified atom stereocenters. The molecule has 0 spiro atoms. The first-order valence-corrected chi connectivity index (χ1v) is 10.3. The largest absolute Gasteiger partial charge is 0.419 e. The predicted molar refractivity (Wildman–Crippen MR) is 134 cm³/mol. The Hall–Kier alpha value is -2.83. The summed E-state index contributed by atoms with van der Waals surface area (Å²) < 4.78 is 41.1. The number of alkyl halides is 3. The van der Waals surface area contributed by atoms with Gasteiger partial charge in [0, 0.05) is 38.2 Å². The number of halogens is 4. The first-order chi connectivity index (χ1) is 15.5. The quantitative estimate of drug-likeness (QED) is 0.155. The van der Waals surface area contributed by atoms with E-state index >= 15 is 0 Å². The summed E-state index contributed by atoms with van der Waals surface area (Å²) in [7, 11) is 0. The average molecular weight is 573 g/mol. The highest BCUT2D eigenvalue weighted by Crippen LogP contribution is 2.33. The molecule has 7 nitrogen and oxygen atoms in total. The number of benzene rings is 1. The topological polar surface area (TPSA) is 79.2 Å². The molecule has 2 heterocycles. The normalized spacial score (nSPS) is 11.6. The predicted octanol–water partition coefficient (Wildman–Crippen LogP) is 4.13. The summed E-state index contributed by atoms with van der Waals surface area (Å²) in [5.41, 5.74) is 1.41. The van der Waals surface area contributed by atoms with E-state index in [0.717, 1.165) is 17.2 Å². The number of pyridine rings is 1. The maximum Gasteiger partial charge on any atom is 0.419 e. The van der Waals surface area contributed by atoms with Gasteiger partial charge in [0.15, 0.2) is 5.96 Å². The van der Waals surface area contributed by atoms with E-state index in [1.165, 1.54) is 12.3 Å². The Morgan fingerprint density at radius 1 is 1.00 bits per heavy atom. The summed E-state index contributed by atoms with van der Waals surface area (Å²) in [6.07, 6.45) is 0.524. The maximum atomic E-state index is 13.1. The van der Waals surface area contributed by atoms with Gasteiger partial charge in [0.1, 0.15) is 5.82 Å². The Labute approximate surface area is 207 Å². The second-order valence-electron chi connectivity index (χ2n) is 6.92. The van der Waals surface area contributed by atoms with Crippen LogP contribution in [0.5, 0.6) is 0 Å². The number of aliphatic imine (C=N–C) groups is 1. The molecule has 3 aromatic rings. The highest BCUT2D eigenvalue weighted by molar-refractivity contribution is 14.0. The van der Waals surface area contributed by atoms with E-state index < -0.39 is 11.7 Å². The lowest BCUT2D eigenvalue weighted by atomic mass is 10.1. The van der Waals surface area contributed by atoms with Crippen molar-refractivity contribution in [2.45, 2.75) is 26.2 Å². The zero-order valence-corrected chi connectivity index (χ0v) is 20.5. The SMILES string of the molecule is CCNC(=NCc1ccccc1Cn1cccn1)NCCNc1ncccc1C(F)(F)F.I. The Balaban J connectivity index is 0.00000385. The van der Waals surface area contributed by atoms with Gasteiger partial charge in [0.2, 0.25) is 0 Å². The molecule has 0 radical (unpaired) electrons. The molecule has 33 heavy (non-hydrogen) atoms.